The van der Waals surface area contributed by atoms with Crippen molar-refractivity contribution >= 4 is 5.97 Å². The van der Waals surface area contributed by atoms with Crippen molar-refractivity contribution in [3.8, 4) is 0 Å². The summed E-state index contributed by atoms with van der Waals surface area (Å²) in [7, 11) is 0. The molecule has 0 spiro atoms. The van der Waals surface area contributed by atoms with Crippen molar-refractivity contribution in [2.45, 2.75) is 32.1 Å². The Hall–Kier alpha value is 1.99. The number of unbranched alkanes of at least 4 members (excludes halogenated alkanes) is 4. The first-order valence-corrected chi connectivity index (χ1v) is 3.94. The minimum Gasteiger partial charge on any atom is -1.00 e. The van der Waals surface area contributed by atoms with Crippen LogP contribution < -0.4 is 51.4 Å². The molecule has 0 aliphatic heterocycles. The number of rotatable bonds is 7. The summed E-state index contributed by atoms with van der Waals surface area (Å²) in [6.45, 7) is 3.60. The van der Waals surface area contributed by atoms with Gasteiger partial charge in [0.2, 0.25) is 0 Å². The average Bonchev–Trinajstić information content (AvgIpc) is 1.96. The largest absolute Gasteiger partial charge is 1.00 e. The number of carboxylic acids is 1. The molecule has 0 aromatic heterocycles. The van der Waals surface area contributed by atoms with E-state index in [2.05, 4.69) is 6.58 Å². The van der Waals surface area contributed by atoms with Crippen LogP contribution in [0.25, 0.3) is 0 Å². The fourth-order valence-corrected chi connectivity index (χ4v) is 0.835. The zero-order valence-corrected chi connectivity index (χ0v) is 16.1. The molecule has 0 saturated carbocycles. The predicted molar refractivity (Wildman–Crippen MR) is 46.3 cm³/mol. The summed E-state index contributed by atoms with van der Waals surface area (Å²) in [5.74, 6) is -0.811. The Morgan fingerprint density at radius 1 is 1.43 bits per heavy atom. The molecule has 0 bridgehead atoms. The van der Waals surface area contributed by atoms with Crippen LogP contribution in [-0.2, 0) is 44.4 Å². The number of allylic oxidation sites excluding steroid dienone is 1. The van der Waals surface area contributed by atoms with E-state index >= 15 is 0 Å². The molecule has 0 saturated heterocycles. The second-order valence-electron chi connectivity index (χ2n) is 2.47. The van der Waals surface area contributed by atoms with Gasteiger partial charge in [-0.3, -0.25) is 11.2 Å². The van der Waals surface area contributed by atoms with Gasteiger partial charge in [0, 0.05) is 39.6 Å². The summed E-state index contributed by atoms with van der Waals surface area (Å²) in [6.07, 6.45) is 8.11. The van der Waals surface area contributed by atoms with Crippen molar-refractivity contribution in [1.29, 1.82) is 0 Å². The van der Waals surface area contributed by atoms with E-state index in [1.165, 1.54) is 6.42 Å². The van der Waals surface area contributed by atoms with Crippen LogP contribution in [0.1, 0.15) is 33.5 Å². The van der Waals surface area contributed by atoms with E-state index in [0.29, 0.717) is 6.42 Å². The van der Waals surface area contributed by atoms with Gasteiger partial charge in [-0.2, -0.15) is 6.42 Å². The predicted octanol–water partition coefficient (Wildman–Crippen LogP) is -0.477. The SMILES string of the molecule is C=CCCCCC[CH-]C(=O)O.[3H-].[K+].[V].[W]. The number of hydrogen-bond acceptors (Lipinski definition) is 1. The van der Waals surface area contributed by atoms with E-state index in [1.54, 1.807) is 0 Å². The molecular weight excluding hydrogens is 414 g/mol. The van der Waals surface area contributed by atoms with Crippen molar-refractivity contribution in [1.82, 2.24) is 0 Å². The Labute approximate surface area is 157 Å². The Bertz CT molecular complexity index is 139. The molecule has 0 unspecified atom stereocenters. The molecule has 0 aromatic carbocycles. The zero-order chi connectivity index (χ0) is 8.53. The normalized spacial score (nSPS) is 7.14. The third-order valence-corrected chi connectivity index (χ3v) is 1.43. The monoisotopic (exact) mass is 432 g/mol. The fraction of sp³-hybridized carbons (Fsp3) is 0.556. The maximum Gasteiger partial charge on any atom is 1.00 e. The van der Waals surface area contributed by atoms with Gasteiger partial charge in [0.25, 0.3) is 0 Å². The first-order chi connectivity index (χ1) is 5.27. The Kier molecular flexibility index (Phi) is 36.4. The number of carboxylic acid groups (broad SMARTS) is 1. The van der Waals surface area contributed by atoms with E-state index in [-0.39, 0.29) is 92.4 Å². The Balaban J connectivity index is -0.0000000833. The van der Waals surface area contributed by atoms with Gasteiger partial charge >= 0.3 is 51.4 Å². The van der Waals surface area contributed by atoms with E-state index in [9.17, 15) is 4.79 Å². The molecule has 0 aliphatic carbocycles. The molecule has 14 heavy (non-hydrogen) atoms. The van der Waals surface area contributed by atoms with Crippen LogP contribution in [0.4, 0.5) is 0 Å². The van der Waals surface area contributed by atoms with E-state index in [0.717, 1.165) is 25.7 Å². The fourth-order valence-electron chi connectivity index (χ4n) is 0.835. The van der Waals surface area contributed by atoms with Gasteiger partial charge in [0.1, 0.15) is 0 Å². The summed E-state index contributed by atoms with van der Waals surface area (Å²) in [5.41, 5.74) is 0. The zero-order valence-electron chi connectivity index (χ0n) is 9.61. The third kappa shape index (κ3) is 23.7. The molecule has 77 valence electrons. The summed E-state index contributed by atoms with van der Waals surface area (Å²) >= 11 is 0. The van der Waals surface area contributed by atoms with Crippen LogP contribution in [0.3, 0.4) is 0 Å². The molecule has 0 amide bonds. The molecule has 0 aliphatic rings. The van der Waals surface area contributed by atoms with E-state index < -0.39 is 5.97 Å². The van der Waals surface area contributed by atoms with Crippen LogP contribution in [0.15, 0.2) is 12.7 Å². The second-order valence-corrected chi connectivity index (χ2v) is 2.47. The van der Waals surface area contributed by atoms with E-state index in [1.807, 2.05) is 6.08 Å². The minimum absolute atomic E-state index is 0. The molecule has 0 fully saturated rings. The van der Waals surface area contributed by atoms with Gasteiger partial charge in [-0.1, -0.05) is 18.9 Å². The van der Waals surface area contributed by atoms with Crippen molar-refractivity contribution in [3.05, 3.63) is 19.1 Å². The van der Waals surface area contributed by atoms with Gasteiger partial charge in [0.15, 0.2) is 5.97 Å². The van der Waals surface area contributed by atoms with Gasteiger partial charge in [-0.05, 0) is 12.8 Å². The Morgan fingerprint density at radius 2 is 2.00 bits per heavy atom. The van der Waals surface area contributed by atoms with Gasteiger partial charge in [-0.25, -0.2) is 0 Å². The smallest absolute Gasteiger partial charge is 1.00 e. The summed E-state index contributed by atoms with van der Waals surface area (Å²) in [6, 6.07) is 0. The van der Waals surface area contributed by atoms with Crippen molar-refractivity contribution in [2.24, 2.45) is 0 Å². The van der Waals surface area contributed by atoms with Crippen LogP contribution >= 0.6 is 0 Å². The standard InChI is InChI=1S/C9H15O2.K.V.W.H/c1-2-3-4-5-6-7-8-9(10)11;;;;/h2,8H,1,3-7H2,(H,10,11);;;;/q-1;+1;;;-1/i;;;;1+2. The van der Waals surface area contributed by atoms with Gasteiger partial charge in [-0.15, -0.1) is 6.58 Å². The minimum atomic E-state index is -0.811. The topological polar surface area (TPSA) is 37.3 Å². The van der Waals surface area contributed by atoms with Crippen molar-refractivity contribution in [3.63, 3.8) is 0 Å². The molecule has 2 nitrogen and oxygen atoms in total. The number of carbonyl (C=O) groups is 1. The second kappa shape index (κ2) is 20.4. The number of aliphatic carboxylic acids is 1. The van der Waals surface area contributed by atoms with Crippen LogP contribution in [-0.4, -0.2) is 11.1 Å². The first-order valence-electron chi connectivity index (χ1n) is 3.94. The maximum atomic E-state index is 10.0. The average molecular weight is 432 g/mol. The van der Waals surface area contributed by atoms with Crippen molar-refractivity contribution in [2.75, 3.05) is 0 Å². The molecule has 1 radical (unpaired) electrons. The molecule has 0 atom stereocenters. The molecule has 0 heterocycles. The summed E-state index contributed by atoms with van der Waals surface area (Å²) < 4.78 is 0. The third-order valence-electron chi connectivity index (χ3n) is 1.43. The van der Waals surface area contributed by atoms with Crippen molar-refractivity contribution < 1.29 is 102 Å². The summed E-state index contributed by atoms with van der Waals surface area (Å²) in [4.78, 5) is 10.0. The van der Waals surface area contributed by atoms with Crippen LogP contribution in [0.2, 0.25) is 0 Å². The van der Waals surface area contributed by atoms with Gasteiger partial charge in [0.05, 0.1) is 0 Å². The van der Waals surface area contributed by atoms with Crippen LogP contribution in [0.5, 0.6) is 0 Å². The Morgan fingerprint density at radius 3 is 2.43 bits per heavy atom. The van der Waals surface area contributed by atoms with Crippen LogP contribution in [0, 0.1) is 6.42 Å². The first kappa shape index (κ1) is 25.0. The van der Waals surface area contributed by atoms with E-state index in [4.69, 9.17) is 5.11 Å². The summed E-state index contributed by atoms with van der Waals surface area (Å²) in [5, 5.41) is 8.24. The quantitative estimate of drug-likeness (QED) is 0.256. The molecule has 0 aromatic rings. The molecule has 0 rings (SSSR count). The number of hydrogen-bond donors (Lipinski definition) is 1. The van der Waals surface area contributed by atoms with Gasteiger partial charge < -0.3 is 6.53 Å². The molecular formula is C9H16KO2VW-. The maximum absolute atomic E-state index is 10.0. The molecule has 1 N–H and O–H groups in total. The molecule has 5 heteroatoms.